The fourth-order valence-electron chi connectivity index (χ4n) is 3.44. The molecule has 1 saturated heterocycles. The predicted molar refractivity (Wildman–Crippen MR) is 126 cm³/mol. The normalized spacial score (nSPS) is 15.6. The molecule has 0 spiro atoms. The molecule has 1 fully saturated rings. The molecule has 6 nitrogen and oxygen atoms in total. The summed E-state index contributed by atoms with van der Waals surface area (Å²) in [6.07, 6.45) is -4.82. The second kappa shape index (κ2) is 8.86. The molecule has 0 atom stereocenters. The van der Waals surface area contributed by atoms with Gasteiger partial charge in [0.1, 0.15) is 11.4 Å². The van der Waals surface area contributed by atoms with Gasteiger partial charge in [-0.3, -0.25) is 14.5 Å². The lowest BCUT2D eigenvalue weighted by atomic mass is 10.0. The number of amides is 2. The first kappa shape index (κ1) is 24.8. The third kappa shape index (κ3) is 4.39. The number of halogens is 5. The Hall–Kier alpha value is -2.79. The van der Waals surface area contributed by atoms with Crippen molar-refractivity contribution in [3.63, 3.8) is 0 Å². The number of anilines is 2. The van der Waals surface area contributed by atoms with Crippen molar-refractivity contribution in [2.24, 2.45) is 0 Å². The van der Waals surface area contributed by atoms with Crippen LogP contribution in [0.4, 0.5) is 28.9 Å². The first-order valence-corrected chi connectivity index (χ1v) is 11.2. The number of hydrogen-bond acceptors (Lipinski definition) is 4. The van der Waals surface area contributed by atoms with E-state index in [9.17, 15) is 27.2 Å². The molecular weight excluding hydrogens is 575 g/mol. The molecule has 0 unspecified atom stereocenters. The minimum atomic E-state index is -4.82. The second-order valence-electron chi connectivity index (χ2n) is 7.46. The van der Waals surface area contributed by atoms with E-state index in [2.05, 4.69) is 5.32 Å². The van der Waals surface area contributed by atoms with E-state index >= 15 is 0 Å². The predicted octanol–water partition coefficient (Wildman–Crippen LogP) is 4.76. The van der Waals surface area contributed by atoms with E-state index in [1.807, 2.05) is 22.6 Å². The molecule has 0 bridgehead atoms. The van der Waals surface area contributed by atoms with Gasteiger partial charge in [-0.25, -0.2) is 4.39 Å². The molecule has 2 aromatic rings. The maximum atomic E-state index is 14.7. The maximum Gasteiger partial charge on any atom is 0.417 e. The van der Waals surface area contributed by atoms with E-state index in [-0.39, 0.29) is 26.6 Å². The summed E-state index contributed by atoms with van der Waals surface area (Å²) in [7, 11) is 0. The molecule has 0 aromatic heterocycles. The van der Waals surface area contributed by atoms with Gasteiger partial charge in [-0.1, -0.05) is 22.6 Å². The molecule has 172 valence electrons. The standard InChI is InChI=1S/C21H15F4IN4O2S/c1-20(2)18(32)29(12-4-3-11(9-27)15(7-12)21(23,24)25)19(33)30(20)13-5-6-14(16(22)8-13)17(31)28-10-26/h3-8H,10H2,1-2H3,(H,28,31). The van der Waals surface area contributed by atoms with Crippen LogP contribution >= 0.6 is 34.8 Å². The van der Waals surface area contributed by atoms with Gasteiger partial charge in [0.2, 0.25) is 0 Å². The lowest BCUT2D eigenvalue weighted by Crippen LogP contribution is -2.44. The number of carbonyl (C=O) groups is 2. The second-order valence-corrected chi connectivity index (χ2v) is 8.59. The van der Waals surface area contributed by atoms with Crippen LogP contribution in [-0.2, 0) is 11.0 Å². The van der Waals surface area contributed by atoms with Crippen LogP contribution in [-0.4, -0.2) is 27.0 Å². The van der Waals surface area contributed by atoms with Gasteiger partial charge in [-0.2, -0.15) is 18.4 Å². The Kier molecular flexibility index (Phi) is 6.67. The molecule has 0 aliphatic carbocycles. The SMILES string of the molecule is CC1(C)C(=O)N(c2ccc(C#N)c(C(F)(F)F)c2)C(=S)N1c1ccc(C(=O)NCI)c(F)c1. The number of rotatable bonds is 4. The maximum absolute atomic E-state index is 14.7. The largest absolute Gasteiger partial charge is 0.417 e. The third-order valence-electron chi connectivity index (χ3n) is 5.04. The zero-order chi connectivity index (χ0) is 24.7. The van der Waals surface area contributed by atoms with Crippen molar-refractivity contribution < 1.29 is 27.2 Å². The summed E-state index contributed by atoms with van der Waals surface area (Å²) in [6, 6.07) is 7.99. The highest BCUT2D eigenvalue weighted by Crippen LogP contribution is 2.39. The van der Waals surface area contributed by atoms with Crippen molar-refractivity contribution in [1.82, 2.24) is 5.32 Å². The molecule has 1 heterocycles. The Morgan fingerprint density at radius 3 is 2.39 bits per heavy atom. The summed E-state index contributed by atoms with van der Waals surface area (Å²) in [5, 5.41) is 11.3. The Morgan fingerprint density at radius 1 is 1.21 bits per heavy atom. The number of nitriles is 1. The van der Waals surface area contributed by atoms with Crippen molar-refractivity contribution >= 4 is 63.1 Å². The Morgan fingerprint density at radius 2 is 1.85 bits per heavy atom. The van der Waals surface area contributed by atoms with E-state index < -0.39 is 40.5 Å². The minimum Gasteiger partial charge on any atom is -0.343 e. The molecule has 1 aliphatic heterocycles. The minimum absolute atomic E-state index is 0.147. The summed E-state index contributed by atoms with van der Waals surface area (Å²) < 4.78 is 55.2. The Labute approximate surface area is 205 Å². The van der Waals surface area contributed by atoms with Gasteiger partial charge in [0, 0.05) is 5.69 Å². The smallest absolute Gasteiger partial charge is 0.343 e. The molecule has 0 radical (unpaired) electrons. The van der Waals surface area contributed by atoms with Gasteiger partial charge in [-0.15, -0.1) is 0 Å². The molecule has 1 aliphatic rings. The summed E-state index contributed by atoms with van der Waals surface area (Å²) >= 11 is 7.30. The summed E-state index contributed by atoms with van der Waals surface area (Å²) in [4.78, 5) is 27.4. The van der Waals surface area contributed by atoms with E-state index in [4.69, 9.17) is 17.5 Å². The summed E-state index contributed by atoms with van der Waals surface area (Å²) in [5.74, 6) is -2.11. The Bertz CT molecular complexity index is 1210. The van der Waals surface area contributed by atoms with Crippen LogP contribution in [0.2, 0.25) is 0 Å². The zero-order valence-electron chi connectivity index (χ0n) is 17.1. The summed E-state index contributed by atoms with van der Waals surface area (Å²) in [5.41, 5.74) is -3.40. The third-order valence-corrected chi connectivity index (χ3v) is 5.78. The van der Waals surface area contributed by atoms with Crippen LogP contribution in [0.25, 0.3) is 0 Å². The molecule has 1 N–H and O–H groups in total. The quantitative estimate of drug-likeness (QED) is 0.183. The van der Waals surface area contributed by atoms with Crippen molar-refractivity contribution in [2.75, 3.05) is 14.4 Å². The van der Waals surface area contributed by atoms with Crippen molar-refractivity contribution in [3.8, 4) is 6.07 Å². The van der Waals surface area contributed by atoms with Crippen LogP contribution in [0.1, 0.15) is 35.3 Å². The van der Waals surface area contributed by atoms with Crippen LogP contribution in [0.15, 0.2) is 36.4 Å². The monoisotopic (exact) mass is 590 g/mol. The van der Waals surface area contributed by atoms with Gasteiger partial charge < -0.3 is 10.2 Å². The number of alkyl halides is 4. The van der Waals surface area contributed by atoms with Gasteiger partial charge in [0.05, 0.1) is 33.0 Å². The van der Waals surface area contributed by atoms with Crippen LogP contribution in [0, 0.1) is 17.1 Å². The van der Waals surface area contributed by atoms with E-state index in [0.29, 0.717) is 6.07 Å². The van der Waals surface area contributed by atoms with Gasteiger partial charge in [0.25, 0.3) is 11.8 Å². The molecular formula is C21H15F4IN4O2S. The van der Waals surface area contributed by atoms with Crippen molar-refractivity contribution in [2.45, 2.75) is 25.6 Å². The molecule has 2 aromatic carbocycles. The van der Waals surface area contributed by atoms with Gasteiger partial charge in [-0.05, 0) is 62.5 Å². The number of carbonyl (C=O) groups excluding carboxylic acids is 2. The first-order valence-electron chi connectivity index (χ1n) is 9.28. The van der Waals surface area contributed by atoms with E-state index in [0.717, 1.165) is 17.0 Å². The van der Waals surface area contributed by atoms with Crippen LogP contribution < -0.4 is 15.1 Å². The van der Waals surface area contributed by atoms with E-state index in [1.165, 1.54) is 43.0 Å². The molecule has 0 saturated carbocycles. The van der Waals surface area contributed by atoms with E-state index in [1.54, 1.807) is 0 Å². The van der Waals surface area contributed by atoms with Crippen molar-refractivity contribution in [1.29, 1.82) is 5.26 Å². The lowest BCUT2D eigenvalue weighted by Gasteiger charge is -2.29. The number of nitrogens with one attached hydrogen (secondary N) is 1. The topological polar surface area (TPSA) is 76.4 Å². The molecule has 3 rings (SSSR count). The average Bonchev–Trinajstić information content (AvgIpc) is 2.90. The molecule has 33 heavy (non-hydrogen) atoms. The lowest BCUT2D eigenvalue weighted by molar-refractivity contribution is -0.137. The molecule has 12 heteroatoms. The van der Waals surface area contributed by atoms with Crippen LogP contribution in [0.3, 0.4) is 0 Å². The first-order chi connectivity index (χ1) is 15.3. The summed E-state index contributed by atoms with van der Waals surface area (Å²) in [6.45, 7) is 2.98. The van der Waals surface area contributed by atoms with Gasteiger partial charge in [0.15, 0.2) is 5.11 Å². The fraction of sp³-hybridized carbons (Fsp3) is 0.238. The number of nitrogens with zero attached hydrogens (tertiary/aromatic N) is 3. The van der Waals surface area contributed by atoms with Crippen molar-refractivity contribution in [3.05, 3.63) is 58.9 Å². The highest BCUT2D eigenvalue weighted by Gasteiger charge is 2.50. The number of hydrogen-bond donors (Lipinski definition) is 1. The van der Waals surface area contributed by atoms with Gasteiger partial charge >= 0.3 is 6.18 Å². The molecule has 2 amide bonds. The number of benzene rings is 2. The highest BCUT2D eigenvalue weighted by molar-refractivity contribution is 14.1. The fourth-order valence-corrected chi connectivity index (χ4v) is 4.31. The average molecular weight is 590 g/mol. The highest BCUT2D eigenvalue weighted by atomic mass is 127. The zero-order valence-corrected chi connectivity index (χ0v) is 20.1. The Balaban J connectivity index is 2.07. The van der Waals surface area contributed by atoms with Crippen LogP contribution in [0.5, 0.6) is 0 Å². The number of thiocarbonyl (C=S) groups is 1.